The number of nitrogens with two attached hydrogens (primary N) is 1. The van der Waals surface area contributed by atoms with Gasteiger partial charge in [0.05, 0.1) is 0 Å². The number of amides is 1. The number of benzene rings is 1. The molecular formula is C15H20ClF3N2O2. The van der Waals surface area contributed by atoms with Gasteiger partial charge in [0.1, 0.15) is 5.75 Å². The number of hydrogen-bond acceptors (Lipinski definition) is 3. The van der Waals surface area contributed by atoms with Gasteiger partial charge in [-0.25, -0.2) is 0 Å². The van der Waals surface area contributed by atoms with E-state index in [1.807, 2.05) is 0 Å². The van der Waals surface area contributed by atoms with Crippen molar-refractivity contribution < 1.29 is 22.7 Å². The first-order valence-electron chi connectivity index (χ1n) is 7.12. The van der Waals surface area contributed by atoms with E-state index in [4.69, 9.17) is 10.5 Å². The molecule has 130 valence electrons. The molecule has 0 saturated heterocycles. The maximum Gasteiger partial charge on any atom is 0.422 e. The summed E-state index contributed by atoms with van der Waals surface area (Å²) in [6.45, 7) is 0.254. The molecule has 1 saturated carbocycles. The number of nitrogens with one attached hydrogen (secondary N) is 1. The van der Waals surface area contributed by atoms with Gasteiger partial charge in [-0.05, 0) is 38.3 Å². The molecule has 0 radical (unpaired) electrons. The maximum atomic E-state index is 12.2. The smallest absolute Gasteiger partial charge is 0.422 e. The predicted octanol–water partition coefficient (Wildman–Crippen LogP) is 3.42. The molecule has 23 heavy (non-hydrogen) atoms. The van der Waals surface area contributed by atoms with Crippen LogP contribution in [0.4, 0.5) is 18.9 Å². The van der Waals surface area contributed by atoms with Crippen molar-refractivity contribution in [1.29, 1.82) is 0 Å². The first-order valence-corrected chi connectivity index (χ1v) is 7.12. The van der Waals surface area contributed by atoms with Crippen LogP contribution in [0.25, 0.3) is 0 Å². The van der Waals surface area contributed by atoms with Crippen LogP contribution in [0.3, 0.4) is 0 Å². The Balaban J connectivity index is 0.00000264. The van der Waals surface area contributed by atoms with Gasteiger partial charge >= 0.3 is 6.18 Å². The van der Waals surface area contributed by atoms with Crippen LogP contribution in [-0.2, 0) is 4.79 Å². The third-order valence-corrected chi connectivity index (χ3v) is 3.78. The van der Waals surface area contributed by atoms with Crippen molar-refractivity contribution in [2.24, 2.45) is 11.7 Å². The lowest BCUT2D eigenvalue weighted by molar-refractivity contribution is -0.153. The van der Waals surface area contributed by atoms with Crippen LogP contribution in [0.1, 0.15) is 24.8 Å². The fraction of sp³-hybridized carbons (Fsp3) is 0.533. The molecule has 1 aromatic rings. The highest BCUT2D eigenvalue weighted by Gasteiger charge is 2.30. The van der Waals surface area contributed by atoms with Crippen molar-refractivity contribution >= 4 is 24.0 Å². The molecule has 3 N–H and O–H groups in total. The average Bonchev–Trinajstić information content (AvgIpc) is 2.85. The van der Waals surface area contributed by atoms with Crippen molar-refractivity contribution in [3.8, 4) is 5.75 Å². The molecule has 1 amide bonds. The minimum Gasteiger partial charge on any atom is -0.484 e. The lowest BCUT2D eigenvalue weighted by Crippen LogP contribution is -2.24. The average molecular weight is 353 g/mol. The molecule has 0 aliphatic heterocycles. The SMILES string of the molecule is Cc1c(NC(=O)C2CCC(N)C2)cccc1OCC(F)(F)F.Cl. The molecule has 0 bridgehead atoms. The van der Waals surface area contributed by atoms with Gasteiger partial charge in [-0.3, -0.25) is 4.79 Å². The van der Waals surface area contributed by atoms with Crippen LogP contribution in [0, 0.1) is 12.8 Å². The van der Waals surface area contributed by atoms with Crippen LogP contribution in [-0.4, -0.2) is 24.7 Å². The Bertz CT molecular complexity index is 552. The molecule has 2 unspecified atom stereocenters. The maximum absolute atomic E-state index is 12.2. The second-order valence-electron chi connectivity index (χ2n) is 5.59. The van der Waals surface area contributed by atoms with E-state index >= 15 is 0 Å². The third-order valence-electron chi connectivity index (χ3n) is 3.78. The van der Waals surface area contributed by atoms with E-state index in [0.29, 0.717) is 17.7 Å². The zero-order valence-corrected chi connectivity index (χ0v) is 13.5. The second kappa shape index (κ2) is 7.88. The van der Waals surface area contributed by atoms with Gasteiger partial charge < -0.3 is 15.8 Å². The van der Waals surface area contributed by atoms with Crippen LogP contribution in [0.2, 0.25) is 0 Å². The lowest BCUT2D eigenvalue weighted by Gasteiger charge is -2.16. The molecule has 1 aliphatic rings. The Morgan fingerprint density at radius 2 is 2.09 bits per heavy atom. The van der Waals surface area contributed by atoms with Crippen molar-refractivity contribution in [3.63, 3.8) is 0 Å². The van der Waals surface area contributed by atoms with E-state index in [-0.39, 0.29) is 36.0 Å². The first-order chi connectivity index (χ1) is 10.3. The summed E-state index contributed by atoms with van der Waals surface area (Å²) < 4.78 is 41.4. The largest absolute Gasteiger partial charge is 0.484 e. The number of rotatable bonds is 4. The number of alkyl halides is 3. The molecule has 1 aromatic carbocycles. The Morgan fingerprint density at radius 1 is 1.39 bits per heavy atom. The van der Waals surface area contributed by atoms with Crippen molar-refractivity contribution in [3.05, 3.63) is 23.8 Å². The molecule has 0 aromatic heterocycles. The Kier molecular flexibility index (Phi) is 6.70. The molecule has 0 spiro atoms. The van der Waals surface area contributed by atoms with Gasteiger partial charge in [0.15, 0.2) is 6.61 Å². The highest BCUT2D eigenvalue weighted by molar-refractivity contribution is 5.93. The van der Waals surface area contributed by atoms with E-state index in [1.54, 1.807) is 19.1 Å². The normalized spacial score (nSPS) is 20.7. The highest BCUT2D eigenvalue weighted by atomic mass is 35.5. The summed E-state index contributed by atoms with van der Waals surface area (Å²) in [6.07, 6.45) is -2.22. The number of carbonyl (C=O) groups is 1. The molecule has 2 rings (SSSR count). The summed E-state index contributed by atoms with van der Waals surface area (Å²) in [6, 6.07) is 4.68. The highest BCUT2D eigenvalue weighted by Crippen LogP contribution is 2.30. The Labute approximate surface area is 139 Å². The zero-order valence-electron chi connectivity index (χ0n) is 12.7. The van der Waals surface area contributed by atoms with Crippen molar-refractivity contribution in [2.45, 2.75) is 38.4 Å². The predicted molar refractivity (Wildman–Crippen MR) is 83.9 cm³/mol. The van der Waals surface area contributed by atoms with E-state index in [2.05, 4.69) is 5.32 Å². The fourth-order valence-electron chi connectivity index (χ4n) is 2.56. The Hall–Kier alpha value is -1.47. The molecule has 8 heteroatoms. The summed E-state index contributed by atoms with van der Waals surface area (Å²) in [5.41, 5.74) is 6.72. The van der Waals surface area contributed by atoms with Crippen LogP contribution in [0.5, 0.6) is 5.75 Å². The second-order valence-corrected chi connectivity index (χ2v) is 5.59. The summed E-state index contributed by atoms with van der Waals surface area (Å²) >= 11 is 0. The molecule has 1 fully saturated rings. The van der Waals surface area contributed by atoms with Crippen LogP contribution >= 0.6 is 12.4 Å². The molecule has 1 aliphatic carbocycles. The van der Waals surface area contributed by atoms with Crippen LogP contribution in [0.15, 0.2) is 18.2 Å². The number of halogens is 4. The minimum absolute atomic E-state index is 0. The van der Waals surface area contributed by atoms with E-state index in [9.17, 15) is 18.0 Å². The third kappa shape index (κ3) is 5.58. The number of anilines is 1. The molecule has 4 nitrogen and oxygen atoms in total. The molecule has 0 heterocycles. The van der Waals surface area contributed by atoms with Gasteiger partial charge in [0, 0.05) is 23.2 Å². The van der Waals surface area contributed by atoms with Gasteiger partial charge in [0.2, 0.25) is 5.91 Å². The first kappa shape index (κ1) is 19.6. The van der Waals surface area contributed by atoms with Crippen molar-refractivity contribution in [2.75, 3.05) is 11.9 Å². The van der Waals surface area contributed by atoms with Gasteiger partial charge in [-0.2, -0.15) is 13.2 Å². The standard InChI is InChI=1S/C15H19F3N2O2.ClH/c1-9-12(20-14(21)10-5-6-11(19)7-10)3-2-4-13(9)22-8-15(16,17)18;/h2-4,10-11H,5-8,19H2,1H3,(H,20,21);1H. The van der Waals surface area contributed by atoms with E-state index in [1.165, 1.54) is 6.07 Å². The van der Waals surface area contributed by atoms with Crippen molar-refractivity contribution in [1.82, 2.24) is 0 Å². The molecule has 2 atom stereocenters. The Morgan fingerprint density at radius 3 is 2.65 bits per heavy atom. The van der Waals surface area contributed by atoms with Gasteiger partial charge in [0.25, 0.3) is 0 Å². The topological polar surface area (TPSA) is 64.4 Å². The summed E-state index contributed by atoms with van der Waals surface area (Å²) in [7, 11) is 0. The minimum atomic E-state index is -4.40. The number of ether oxygens (including phenoxy) is 1. The van der Waals surface area contributed by atoms with E-state index in [0.717, 1.165) is 12.8 Å². The number of hydrogen-bond donors (Lipinski definition) is 2. The summed E-state index contributed by atoms with van der Waals surface area (Å²) in [5, 5.41) is 2.75. The van der Waals surface area contributed by atoms with E-state index < -0.39 is 12.8 Å². The van der Waals surface area contributed by atoms with Crippen LogP contribution < -0.4 is 15.8 Å². The fourth-order valence-corrected chi connectivity index (χ4v) is 2.56. The molecular weight excluding hydrogens is 333 g/mol. The van der Waals surface area contributed by atoms with Gasteiger partial charge in [-0.1, -0.05) is 6.07 Å². The zero-order chi connectivity index (χ0) is 16.3. The summed E-state index contributed by atoms with van der Waals surface area (Å²) in [5.74, 6) is -0.184. The van der Waals surface area contributed by atoms with Gasteiger partial charge in [-0.15, -0.1) is 12.4 Å². The monoisotopic (exact) mass is 352 g/mol. The lowest BCUT2D eigenvalue weighted by atomic mass is 10.1. The summed E-state index contributed by atoms with van der Waals surface area (Å²) in [4.78, 5) is 12.2. The quantitative estimate of drug-likeness (QED) is 0.872. The number of carbonyl (C=O) groups excluding carboxylic acids is 1.